The molecule has 6 nitrogen and oxygen atoms in total. The minimum atomic E-state index is -1.19. The zero-order valence-electron chi connectivity index (χ0n) is 11.1. The third-order valence-corrected chi connectivity index (χ3v) is 2.33. The van der Waals surface area contributed by atoms with Gasteiger partial charge >= 0.3 is 5.97 Å². The number of benzene rings is 1. The number of hydrogen-bond acceptors (Lipinski definition) is 3. The van der Waals surface area contributed by atoms with Gasteiger partial charge in [0.1, 0.15) is 0 Å². The van der Waals surface area contributed by atoms with Gasteiger partial charge in [0.2, 0.25) is 5.91 Å². The number of anilines is 1. The van der Waals surface area contributed by atoms with E-state index < -0.39 is 11.9 Å². The number of carboxylic acid groups (broad SMARTS) is 1. The molecule has 0 aromatic heterocycles. The van der Waals surface area contributed by atoms with Gasteiger partial charge in [-0.3, -0.25) is 9.59 Å². The Morgan fingerprint density at radius 2 is 1.80 bits per heavy atom. The number of carbonyl (C=O) groups is 3. The Balaban J connectivity index is 2.60. The lowest BCUT2D eigenvalue weighted by atomic mass is 10.2. The van der Waals surface area contributed by atoms with E-state index >= 15 is 0 Å². The monoisotopic (exact) mass is 276 g/mol. The van der Waals surface area contributed by atoms with Gasteiger partial charge < -0.3 is 15.7 Å². The van der Waals surface area contributed by atoms with Crippen LogP contribution in [0.3, 0.4) is 0 Å². The van der Waals surface area contributed by atoms with Crippen LogP contribution in [0.15, 0.2) is 36.4 Å². The molecule has 0 unspecified atom stereocenters. The number of aliphatic carboxylic acids is 1. The molecular formula is C14H16N2O4. The minimum absolute atomic E-state index is 0.171. The summed E-state index contributed by atoms with van der Waals surface area (Å²) in [6.45, 7) is 2.57. The number of nitrogens with one attached hydrogen (secondary N) is 2. The molecule has 0 radical (unpaired) electrons. The van der Waals surface area contributed by atoms with Crippen molar-refractivity contribution in [2.45, 2.75) is 13.3 Å². The van der Waals surface area contributed by atoms with E-state index in [1.807, 2.05) is 6.92 Å². The zero-order chi connectivity index (χ0) is 15.0. The molecule has 0 spiro atoms. The molecular weight excluding hydrogens is 260 g/mol. The van der Waals surface area contributed by atoms with Crippen molar-refractivity contribution in [1.29, 1.82) is 0 Å². The fourth-order valence-electron chi connectivity index (χ4n) is 1.38. The van der Waals surface area contributed by atoms with Crippen LogP contribution in [0.4, 0.5) is 5.69 Å². The van der Waals surface area contributed by atoms with Crippen molar-refractivity contribution in [1.82, 2.24) is 5.32 Å². The van der Waals surface area contributed by atoms with Crippen LogP contribution in [0.2, 0.25) is 0 Å². The first kappa shape index (κ1) is 15.4. The van der Waals surface area contributed by atoms with Crippen molar-refractivity contribution in [3.8, 4) is 0 Å². The lowest BCUT2D eigenvalue weighted by Crippen LogP contribution is -2.23. The van der Waals surface area contributed by atoms with Crippen LogP contribution >= 0.6 is 0 Å². The maximum atomic E-state index is 11.6. The molecule has 0 fully saturated rings. The van der Waals surface area contributed by atoms with Crippen LogP contribution in [0.5, 0.6) is 0 Å². The normalized spacial score (nSPS) is 10.2. The first-order chi connectivity index (χ1) is 9.52. The maximum Gasteiger partial charge on any atom is 0.328 e. The van der Waals surface area contributed by atoms with Crippen LogP contribution < -0.4 is 10.6 Å². The zero-order valence-corrected chi connectivity index (χ0v) is 11.1. The van der Waals surface area contributed by atoms with Gasteiger partial charge in [-0.05, 0) is 30.7 Å². The topological polar surface area (TPSA) is 95.5 Å². The molecule has 1 aromatic rings. The molecule has 0 aliphatic heterocycles. The number of hydrogen-bond donors (Lipinski definition) is 3. The van der Waals surface area contributed by atoms with E-state index in [9.17, 15) is 14.4 Å². The molecule has 0 atom stereocenters. The fraction of sp³-hybridized carbons (Fsp3) is 0.214. The van der Waals surface area contributed by atoms with E-state index in [4.69, 9.17) is 5.11 Å². The second kappa shape index (κ2) is 7.73. The molecule has 1 rings (SSSR count). The molecule has 6 heteroatoms. The van der Waals surface area contributed by atoms with Crippen molar-refractivity contribution >= 4 is 23.5 Å². The Bertz CT molecular complexity index is 520. The Hall–Kier alpha value is -2.63. The summed E-state index contributed by atoms with van der Waals surface area (Å²) < 4.78 is 0. The second-order valence-electron chi connectivity index (χ2n) is 3.99. The number of rotatable bonds is 6. The fourth-order valence-corrected chi connectivity index (χ4v) is 1.38. The van der Waals surface area contributed by atoms with Crippen molar-refractivity contribution in [3.05, 3.63) is 42.0 Å². The van der Waals surface area contributed by atoms with E-state index in [2.05, 4.69) is 10.6 Å². The van der Waals surface area contributed by atoms with Crippen LogP contribution in [0.25, 0.3) is 0 Å². The van der Waals surface area contributed by atoms with E-state index in [1.165, 1.54) is 0 Å². The molecule has 3 N–H and O–H groups in total. The largest absolute Gasteiger partial charge is 0.478 e. The third kappa shape index (κ3) is 5.34. The van der Waals surface area contributed by atoms with Gasteiger partial charge in [-0.25, -0.2) is 4.79 Å². The second-order valence-corrected chi connectivity index (χ2v) is 3.99. The predicted octanol–water partition coefficient (Wildman–Crippen LogP) is 1.41. The quantitative estimate of drug-likeness (QED) is 0.684. The van der Waals surface area contributed by atoms with E-state index in [0.29, 0.717) is 17.8 Å². The average Bonchev–Trinajstić information content (AvgIpc) is 2.43. The van der Waals surface area contributed by atoms with Crippen LogP contribution in [-0.4, -0.2) is 29.4 Å². The Morgan fingerprint density at radius 1 is 1.15 bits per heavy atom. The number of amides is 2. The lowest BCUT2D eigenvalue weighted by Gasteiger charge is -2.05. The maximum absolute atomic E-state index is 11.6. The molecule has 0 aliphatic rings. The molecule has 20 heavy (non-hydrogen) atoms. The van der Waals surface area contributed by atoms with Gasteiger partial charge in [0, 0.05) is 29.9 Å². The average molecular weight is 276 g/mol. The minimum Gasteiger partial charge on any atom is -0.478 e. The van der Waals surface area contributed by atoms with Crippen molar-refractivity contribution in [2.75, 3.05) is 11.9 Å². The molecule has 0 heterocycles. The number of carbonyl (C=O) groups excluding carboxylic acids is 2. The Morgan fingerprint density at radius 3 is 2.35 bits per heavy atom. The Kier molecular flexibility index (Phi) is 5.96. The van der Waals surface area contributed by atoms with Gasteiger partial charge in [-0.2, -0.15) is 0 Å². The van der Waals surface area contributed by atoms with E-state index in [0.717, 1.165) is 18.6 Å². The molecule has 2 amide bonds. The highest BCUT2D eigenvalue weighted by atomic mass is 16.4. The first-order valence-corrected chi connectivity index (χ1v) is 6.13. The summed E-state index contributed by atoms with van der Waals surface area (Å²) in [5, 5.41) is 13.6. The molecule has 106 valence electrons. The van der Waals surface area contributed by atoms with Crippen LogP contribution in [0.1, 0.15) is 23.7 Å². The molecule has 1 aromatic carbocycles. The summed E-state index contributed by atoms with van der Waals surface area (Å²) in [5.41, 5.74) is 0.981. The summed E-state index contributed by atoms with van der Waals surface area (Å²) in [7, 11) is 0. The van der Waals surface area contributed by atoms with Crippen LogP contribution in [0, 0.1) is 0 Å². The SMILES string of the molecule is CCCNC(=O)c1ccc(NC(=O)/C=C/C(=O)O)cc1. The van der Waals surface area contributed by atoms with E-state index in [1.54, 1.807) is 24.3 Å². The Labute approximate surface area is 116 Å². The highest BCUT2D eigenvalue weighted by Gasteiger charge is 2.05. The van der Waals surface area contributed by atoms with Gasteiger partial charge in [0.25, 0.3) is 5.91 Å². The highest BCUT2D eigenvalue weighted by molar-refractivity contribution is 6.02. The predicted molar refractivity (Wildman–Crippen MR) is 74.5 cm³/mol. The van der Waals surface area contributed by atoms with Gasteiger partial charge in [0.15, 0.2) is 0 Å². The molecule has 0 bridgehead atoms. The van der Waals surface area contributed by atoms with E-state index in [-0.39, 0.29) is 5.91 Å². The summed E-state index contributed by atoms with van der Waals surface area (Å²) >= 11 is 0. The summed E-state index contributed by atoms with van der Waals surface area (Å²) in [6, 6.07) is 6.32. The summed E-state index contributed by atoms with van der Waals surface area (Å²) in [6.07, 6.45) is 2.53. The summed E-state index contributed by atoms with van der Waals surface area (Å²) in [4.78, 5) is 33.2. The summed E-state index contributed by atoms with van der Waals surface area (Å²) in [5.74, 6) is -1.91. The smallest absolute Gasteiger partial charge is 0.328 e. The first-order valence-electron chi connectivity index (χ1n) is 6.13. The van der Waals surface area contributed by atoms with Gasteiger partial charge in [0.05, 0.1) is 0 Å². The van der Waals surface area contributed by atoms with Crippen molar-refractivity contribution in [2.24, 2.45) is 0 Å². The highest BCUT2D eigenvalue weighted by Crippen LogP contribution is 2.09. The molecule has 0 saturated heterocycles. The van der Waals surface area contributed by atoms with Crippen LogP contribution in [-0.2, 0) is 9.59 Å². The molecule has 0 aliphatic carbocycles. The third-order valence-electron chi connectivity index (χ3n) is 2.33. The lowest BCUT2D eigenvalue weighted by molar-refractivity contribution is -0.131. The van der Waals surface area contributed by atoms with Crippen molar-refractivity contribution < 1.29 is 19.5 Å². The molecule has 0 saturated carbocycles. The standard InChI is InChI=1S/C14H16N2O4/c1-2-9-15-14(20)10-3-5-11(6-4-10)16-12(17)7-8-13(18)19/h3-8H,2,9H2,1H3,(H,15,20)(H,16,17)(H,18,19)/b8-7+. The van der Waals surface area contributed by atoms with Gasteiger partial charge in [-0.1, -0.05) is 6.92 Å². The number of carboxylic acids is 1. The van der Waals surface area contributed by atoms with Gasteiger partial charge in [-0.15, -0.1) is 0 Å². The van der Waals surface area contributed by atoms with Crippen molar-refractivity contribution in [3.63, 3.8) is 0 Å².